The SMILES string of the molecule is CC1C[Xe]CCN(C)C1. The topological polar surface area (TPSA) is 3.24 Å². The van der Waals surface area contributed by atoms with Crippen LogP contribution < -0.4 is 0 Å². The minimum absolute atomic E-state index is 0.734. The van der Waals surface area contributed by atoms with Gasteiger partial charge in [0.05, 0.1) is 0 Å². The Morgan fingerprint density at radius 1 is 1.56 bits per heavy atom. The Morgan fingerprint density at radius 3 is 3.11 bits per heavy atom. The van der Waals surface area contributed by atoms with E-state index in [4.69, 9.17) is 0 Å². The van der Waals surface area contributed by atoms with Gasteiger partial charge in [-0.15, -0.1) is 0 Å². The molecule has 0 aromatic rings. The molecular formula is C7H15NXe. The summed E-state index contributed by atoms with van der Waals surface area (Å²) in [6.45, 7) is 5.05. The monoisotopic (exact) mass is 245 g/mol. The number of rotatable bonds is 0. The van der Waals surface area contributed by atoms with Gasteiger partial charge in [0.1, 0.15) is 0 Å². The van der Waals surface area contributed by atoms with Crippen LogP contribution in [0, 0.1) is 50.1 Å². The van der Waals surface area contributed by atoms with Crippen molar-refractivity contribution in [2.45, 2.75) is 8.70 Å². The fraction of sp³-hybridized carbons (Fsp3) is 1.00. The minimum atomic E-state index is 0.734. The molecule has 9 heavy (non-hydrogen) atoms. The summed E-state index contributed by atoms with van der Waals surface area (Å²) >= 11 is 0.734. The van der Waals surface area contributed by atoms with E-state index in [1.165, 1.54) is 14.9 Å². The molecule has 1 atom stereocenters. The maximum absolute atomic E-state index is 2.46. The van der Waals surface area contributed by atoms with E-state index in [0.717, 1.165) is 50.1 Å². The van der Waals surface area contributed by atoms with Crippen molar-refractivity contribution in [3.63, 3.8) is 0 Å². The van der Waals surface area contributed by atoms with Crippen molar-refractivity contribution >= 4 is 0 Å². The summed E-state index contributed by atoms with van der Waals surface area (Å²) in [4.78, 5) is 2.46. The van der Waals surface area contributed by atoms with Gasteiger partial charge >= 0.3 is 83.8 Å². The fourth-order valence-corrected chi connectivity index (χ4v) is 3.86. The molecule has 0 aromatic carbocycles. The number of nitrogens with zero attached hydrogens (tertiary/aromatic N) is 1. The first kappa shape index (κ1) is 8.63. The summed E-state index contributed by atoms with van der Waals surface area (Å²) in [5.41, 5.74) is 0. The number of hydrogen-bond acceptors (Lipinski definition) is 1. The fourth-order valence-electron chi connectivity index (χ4n) is 1.11. The van der Waals surface area contributed by atoms with E-state index in [9.17, 15) is 0 Å². The van der Waals surface area contributed by atoms with E-state index in [0.29, 0.717) is 0 Å². The average molecular weight is 244 g/mol. The summed E-state index contributed by atoms with van der Waals surface area (Å²) in [5, 5.41) is 0. The van der Waals surface area contributed by atoms with E-state index in [-0.39, 0.29) is 0 Å². The van der Waals surface area contributed by atoms with Crippen LogP contribution in [0.15, 0.2) is 0 Å². The van der Waals surface area contributed by atoms with Crippen molar-refractivity contribution in [3.8, 4) is 0 Å². The van der Waals surface area contributed by atoms with Gasteiger partial charge in [0.15, 0.2) is 0 Å². The van der Waals surface area contributed by atoms with Crippen LogP contribution in [0.4, 0.5) is 0 Å². The standard InChI is InChI=1S/C7H15NXe/c1-7-5-8(2)3-4-9-6-7/h7H,3-6H2,1-2H3. The molecule has 56 valence electrons. The summed E-state index contributed by atoms with van der Waals surface area (Å²) in [5.74, 6) is 0.968. The molecule has 0 amide bonds. The van der Waals surface area contributed by atoms with Gasteiger partial charge in [-0.25, -0.2) is 0 Å². The van der Waals surface area contributed by atoms with E-state index in [1.54, 1.807) is 0 Å². The van der Waals surface area contributed by atoms with Crippen LogP contribution in [0.5, 0.6) is 0 Å². The van der Waals surface area contributed by atoms with Crippen molar-refractivity contribution < 1.29 is 44.2 Å². The summed E-state index contributed by atoms with van der Waals surface area (Å²) in [7, 11) is 2.24. The molecular weight excluding hydrogens is 229 g/mol. The van der Waals surface area contributed by atoms with Crippen LogP contribution >= 0.6 is 0 Å². The molecule has 2 heteroatoms. The van der Waals surface area contributed by atoms with E-state index >= 15 is 0 Å². The zero-order valence-corrected chi connectivity index (χ0v) is 8.22. The van der Waals surface area contributed by atoms with Crippen LogP contribution in [0.3, 0.4) is 0 Å². The molecule has 1 rings (SSSR count). The third kappa shape index (κ3) is 3.44. The van der Waals surface area contributed by atoms with Gasteiger partial charge in [0.25, 0.3) is 0 Å². The van der Waals surface area contributed by atoms with Gasteiger partial charge in [-0.05, 0) is 0 Å². The normalized spacial score (nSPS) is 32.9. The first-order valence-corrected chi connectivity index (χ1v) is 6.33. The molecule has 0 radical (unpaired) electrons. The second kappa shape index (κ2) is 4.42. The molecule has 0 aromatic heterocycles. The Balaban J connectivity index is 2.29. The van der Waals surface area contributed by atoms with E-state index in [1.807, 2.05) is 0 Å². The maximum atomic E-state index is 2.46. The predicted octanol–water partition coefficient (Wildman–Crippen LogP) is 1.49. The van der Waals surface area contributed by atoms with Crippen LogP contribution in [0.25, 0.3) is 0 Å². The third-order valence-electron chi connectivity index (χ3n) is 1.56. The molecule has 1 aliphatic rings. The molecule has 0 N–H and O–H groups in total. The Morgan fingerprint density at radius 2 is 2.33 bits per heavy atom. The molecule has 1 heterocycles. The van der Waals surface area contributed by atoms with E-state index in [2.05, 4.69) is 18.9 Å². The second-order valence-electron chi connectivity index (χ2n) is 2.87. The number of hydrogen-bond donors (Lipinski definition) is 0. The van der Waals surface area contributed by atoms with Crippen molar-refractivity contribution in [3.05, 3.63) is 0 Å². The van der Waals surface area contributed by atoms with Gasteiger partial charge in [-0.1, -0.05) is 0 Å². The van der Waals surface area contributed by atoms with E-state index < -0.39 is 0 Å². The van der Waals surface area contributed by atoms with Crippen LogP contribution in [0.2, 0.25) is 1.78 Å². The molecule has 0 aliphatic carbocycles. The predicted molar refractivity (Wildman–Crippen MR) is 36.3 cm³/mol. The molecule has 0 spiro atoms. The zero-order valence-electron chi connectivity index (χ0n) is 6.21. The van der Waals surface area contributed by atoms with Crippen LogP contribution in [0.1, 0.15) is 6.92 Å². The van der Waals surface area contributed by atoms with Crippen molar-refractivity contribution in [1.29, 1.82) is 0 Å². The van der Waals surface area contributed by atoms with Crippen molar-refractivity contribution in [2.24, 2.45) is 5.92 Å². The molecule has 0 bridgehead atoms. The zero-order chi connectivity index (χ0) is 6.69. The van der Waals surface area contributed by atoms with Gasteiger partial charge < -0.3 is 0 Å². The molecule has 0 saturated carbocycles. The first-order valence-electron chi connectivity index (χ1n) is 3.47. The van der Waals surface area contributed by atoms with Gasteiger partial charge in [-0.3, -0.25) is 0 Å². The Kier molecular flexibility index (Phi) is 4.23. The molecule has 1 nitrogen and oxygen atoms in total. The van der Waals surface area contributed by atoms with Crippen LogP contribution in [-0.4, -0.2) is 25.0 Å². The first-order chi connectivity index (χ1) is 4.29. The summed E-state index contributed by atoms with van der Waals surface area (Å²) < 4.78 is 3.02. The summed E-state index contributed by atoms with van der Waals surface area (Å²) in [6, 6.07) is 0. The third-order valence-corrected chi connectivity index (χ3v) is 4.71. The van der Waals surface area contributed by atoms with Gasteiger partial charge in [0, 0.05) is 0 Å². The molecule has 1 aliphatic heterocycles. The second-order valence-corrected chi connectivity index (χ2v) is 5.71. The molecule has 1 saturated heterocycles. The van der Waals surface area contributed by atoms with Gasteiger partial charge in [0.2, 0.25) is 0 Å². The summed E-state index contributed by atoms with van der Waals surface area (Å²) in [6.07, 6.45) is 0. The van der Waals surface area contributed by atoms with Gasteiger partial charge in [-0.2, -0.15) is 0 Å². The average Bonchev–Trinajstić information content (AvgIpc) is 1.93. The Labute approximate surface area is 82.5 Å². The van der Waals surface area contributed by atoms with Crippen LogP contribution in [-0.2, 0) is 0 Å². The Hall–Kier alpha value is 1.53. The quantitative estimate of drug-likeness (QED) is 0.624. The molecule has 1 fully saturated rings. The molecule has 1 unspecified atom stereocenters. The van der Waals surface area contributed by atoms with Crippen molar-refractivity contribution in [2.75, 3.05) is 20.1 Å². The van der Waals surface area contributed by atoms with Crippen molar-refractivity contribution in [1.82, 2.24) is 4.90 Å². The Bertz CT molecular complexity index is 75.0.